The fourth-order valence-electron chi connectivity index (χ4n) is 5.86. The van der Waals surface area contributed by atoms with E-state index in [0.29, 0.717) is 61.4 Å². The number of carbonyl (C=O) groups excluding carboxylic acids is 1. The molecule has 1 saturated carbocycles. The molecule has 3 aliphatic rings. The number of alkyl halides is 2. The maximum absolute atomic E-state index is 13.6. The molecule has 2 aliphatic heterocycles. The number of hydrogen-bond donors (Lipinski definition) is 1. The van der Waals surface area contributed by atoms with Gasteiger partial charge in [0.05, 0.1) is 36.7 Å². The summed E-state index contributed by atoms with van der Waals surface area (Å²) < 4.78 is 63.5. The Morgan fingerprint density at radius 2 is 1.87 bits per heavy atom. The molecule has 0 bridgehead atoms. The van der Waals surface area contributed by atoms with Crippen LogP contribution in [-0.4, -0.2) is 126 Å². The van der Waals surface area contributed by atoms with Crippen LogP contribution in [0.25, 0.3) is 16.3 Å². The largest absolute Gasteiger partial charge is 0.378 e. The number of fused-ring (bicyclic) bond motifs is 1. The molecular formula is C28H39F2N9O4S2. The molecule has 3 fully saturated rings. The van der Waals surface area contributed by atoms with Gasteiger partial charge in [-0.1, -0.05) is 11.3 Å². The number of nitrogens with one attached hydrogen (secondary N) is 1. The molecule has 0 spiro atoms. The number of carbonyl (C=O) groups is 1. The summed E-state index contributed by atoms with van der Waals surface area (Å²) in [6, 6.07) is 1.57. The van der Waals surface area contributed by atoms with Crippen molar-refractivity contribution in [2.75, 3.05) is 58.4 Å². The summed E-state index contributed by atoms with van der Waals surface area (Å²) in [7, 11) is -0.0859. The highest BCUT2D eigenvalue weighted by molar-refractivity contribution is 7.89. The predicted molar refractivity (Wildman–Crippen MR) is 165 cm³/mol. The van der Waals surface area contributed by atoms with Crippen molar-refractivity contribution in [2.45, 2.75) is 68.6 Å². The van der Waals surface area contributed by atoms with Crippen molar-refractivity contribution in [3.63, 3.8) is 0 Å². The van der Waals surface area contributed by atoms with Gasteiger partial charge in [-0.25, -0.2) is 31.7 Å². The first-order valence-electron chi connectivity index (χ1n) is 15.0. The number of piperazine rings is 1. The Hall–Kier alpha value is -2.99. The van der Waals surface area contributed by atoms with Crippen LogP contribution in [0.3, 0.4) is 0 Å². The van der Waals surface area contributed by atoms with Gasteiger partial charge >= 0.3 is 6.03 Å². The van der Waals surface area contributed by atoms with Crippen molar-refractivity contribution >= 4 is 38.6 Å². The first-order chi connectivity index (χ1) is 21.3. The molecule has 6 rings (SSSR count). The van der Waals surface area contributed by atoms with Gasteiger partial charge in [-0.05, 0) is 46.7 Å². The van der Waals surface area contributed by atoms with Crippen molar-refractivity contribution in [2.24, 2.45) is 0 Å². The Labute approximate surface area is 265 Å². The van der Waals surface area contributed by atoms with Crippen LogP contribution in [0.5, 0.6) is 0 Å². The van der Waals surface area contributed by atoms with E-state index in [-0.39, 0.29) is 33.8 Å². The van der Waals surface area contributed by atoms with E-state index in [4.69, 9.17) is 4.74 Å². The number of pyridine rings is 1. The maximum atomic E-state index is 13.6. The number of amides is 2. The van der Waals surface area contributed by atoms with Crippen LogP contribution in [0, 0.1) is 0 Å². The summed E-state index contributed by atoms with van der Waals surface area (Å²) in [4.78, 5) is 26.0. The third-order valence-corrected chi connectivity index (χ3v) is 11.5. The molecule has 3 aromatic heterocycles. The summed E-state index contributed by atoms with van der Waals surface area (Å²) >= 11 is 0.715. The minimum Gasteiger partial charge on any atom is -0.378 e. The van der Waals surface area contributed by atoms with Gasteiger partial charge in [-0.3, -0.25) is 9.30 Å². The Balaban J connectivity index is 1.29. The van der Waals surface area contributed by atoms with Crippen molar-refractivity contribution < 1.29 is 26.7 Å². The molecule has 13 nitrogen and oxygen atoms in total. The molecule has 1 N–H and O–H groups in total. The number of sulfonamides is 1. The lowest BCUT2D eigenvalue weighted by Gasteiger charge is -2.46. The fraction of sp³-hybridized carbons (Fsp3) is 0.643. The zero-order chi connectivity index (χ0) is 32.3. The summed E-state index contributed by atoms with van der Waals surface area (Å²) in [6.07, 6.45) is 1.74. The quantitative estimate of drug-likeness (QED) is 0.347. The average molecular weight is 668 g/mol. The van der Waals surface area contributed by atoms with Crippen molar-refractivity contribution in [1.29, 1.82) is 0 Å². The molecule has 3 aromatic rings. The van der Waals surface area contributed by atoms with Gasteiger partial charge in [0.1, 0.15) is 4.90 Å². The van der Waals surface area contributed by atoms with E-state index in [2.05, 4.69) is 29.7 Å². The lowest BCUT2D eigenvalue weighted by atomic mass is 10.1. The SMILES string of the molecule is C[C@H]1CN(c2cc(S(=O)(=O)NC3(C)CC3)cn3c(-c4nnc(C(F)F)s4)ncc23)C[C@H](C)N1C(=O)N(C)CCN(C)C1COC1. The van der Waals surface area contributed by atoms with Gasteiger partial charge in [-0.15, -0.1) is 10.2 Å². The van der Waals surface area contributed by atoms with Crippen LogP contribution in [0.2, 0.25) is 0 Å². The predicted octanol–water partition coefficient (Wildman–Crippen LogP) is 2.90. The van der Waals surface area contributed by atoms with Crippen molar-refractivity contribution in [3.8, 4) is 10.8 Å². The van der Waals surface area contributed by atoms with E-state index < -0.39 is 27.0 Å². The van der Waals surface area contributed by atoms with E-state index in [1.807, 2.05) is 39.8 Å². The molecule has 45 heavy (non-hydrogen) atoms. The summed E-state index contributed by atoms with van der Waals surface area (Å²) in [5, 5.41) is 7.22. The topological polar surface area (TPSA) is 129 Å². The van der Waals surface area contributed by atoms with E-state index in [9.17, 15) is 22.0 Å². The van der Waals surface area contributed by atoms with E-state index >= 15 is 0 Å². The van der Waals surface area contributed by atoms with Gasteiger partial charge in [0, 0.05) is 57.0 Å². The zero-order valence-corrected chi connectivity index (χ0v) is 27.6. The first-order valence-corrected chi connectivity index (χ1v) is 17.3. The van der Waals surface area contributed by atoms with Crippen LogP contribution in [0.15, 0.2) is 23.4 Å². The van der Waals surface area contributed by atoms with Gasteiger partial charge in [0.2, 0.25) is 10.0 Å². The fourth-order valence-corrected chi connectivity index (χ4v) is 8.03. The van der Waals surface area contributed by atoms with Crippen LogP contribution in [0.1, 0.15) is 45.0 Å². The Morgan fingerprint density at radius 1 is 1.18 bits per heavy atom. The van der Waals surface area contributed by atoms with Gasteiger partial charge in [0.15, 0.2) is 15.8 Å². The molecule has 2 saturated heterocycles. The molecule has 17 heteroatoms. The second-order valence-corrected chi connectivity index (χ2v) is 15.4. The number of ether oxygens (including phenoxy) is 1. The molecule has 246 valence electrons. The lowest BCUT2D eigenvalue weighted by molar-refractivity contribution is -0.0568. The molecule has 5 heterocycles. The van der Waals surface area contributed by atoms with Gasteiger partial charge < -0.3 is 19.4 Å². The van der Waals surface area contributed by atoms with E-state index in [1.165, 1.54) is 6.20 Å². The highest BCUT2D eigenvalue weighted by Gasteiger charge is 2.42. The number of rotatable bonds is 10. The Bertz CT molecular complexity index is 1660. The molecule has 2 amide bonds. The number of aromatic nitrogens is 4. The Morgan fingerprint density at radius 3 is 2.44 bits per heavy atom. The summed E-state index contributed by atoms with van der Waals surface area (Å²) in [5.74, 6) is 0.223. The normalized spacial score (nSPS) is 22.0. The van der Waals surface area contributed by atoms with E-state index in [0.717, 1.165) is 19.4 Å². The molecule has 0 radical (unpaired) electrons. The minimum absolute atomic E-state index is 0.0236. The minimum atomic E-state index is -3.93. The highest BCUT2D eigenvalue weighted by atomic mass is 32.2. The third-order valence-electron chi connectivity index (χ3n) is 8.94. The number of anilines is 1. The monoisotopic (exact) mass is 667 g/mol. The highest BCUT2D eigenvalue weighted by Crippen LogP contribution is 2.38. The van der Waals surface area contributed by atoms with Crippen LogP contribution in [-0.2, 0) is 14.8 Å². The summed E-state index contributed by atoms with van der Waals surface area (Å²) in [6.45, 7) is 9.46. The van der Waals surface area contributed by atoms with Crippen molar-refractivity contribution in [1.82, 2.24) is 39.0 Å². The Kier molecular flexibility index (Phi) is 8.52. The van der Waals surface area contributed by atoms with Crippen molar-refractivity contribution in [3.05, 3.63) is 23.5 Å². The second kappa shape index (κ2) is 12.0. The number of urea groups is 1. The molecule has 2 atom stereocenters. The number of imidazole rings is 1. The molecule has 1 aliphatic carbocycles. The molecule has 0 unspecified atom stereocenters. The maximum Gasteiger partial charge on any atom is 0.320 e. The number of nitrogens with zero attached hydrogens (tertiary/aromatic N) is 8. The molecular weight excluding hydrogens is 628 g/mol. The average Bonchev–Trinajstić information content (AvgIpc) is 3.31. The zero-order valence-electron chi connectivity index (χ0n) is 26.0. The number of halogens is 2. The van der Waals surface area contributed by atoms with Gasteiger partial charge in [0.25, 0.3) is 6.43 Å². The van der Waals surface area contributed by atoms with E-state index in [1.54, 1.807) is 21.6 Å². The van der Waals surface area contributed by atoms with Crippen LogP contribution >= 0.6 is 11.3 Å². The number of hydrogen-bond acceptors (Lipinski definition) is 10. The smallest absolute Gasteiger partial charge is 0.320 e. The summed E-state index contributed by atoms with van der Waals surface area (Å²) in [5.41, 5.74) is 0.702. The van der Waals surface area contributed by atoms with Crippen LogP contribution < -0.4 is 9.62 Å². The van der Waals surface area contributed by atoms with Crippen LogP contribution in [0.4, 0.5) is 19.3 Å². The number of likely N-dealkylation sites (N-methyl/N-ethyl adjacent to an activating group) is 2. The first kappa shape index (κ1) is 32.0. The lowest BCUT2D eigenvalue weighted by Crippen LogP contribution is -2.61. The molecule has 0 aromatic carbocycles. The third kappa shape index (κ3) is 6.37. The standard InChI is InChI=1S/C28H39F2N9O4S2/c1-17-12-37(13-18(2)39(17)27(40)36(5)9-8-35(4)19-15-43-16-19)21-10-20(45(41,42)34-28(3)6-7-28)14-38-22(21)11-31-24(38)26-33-32-25(44-26)23(29)30/h10-11,14,17-19,23,34H,6-9,12-13,15-16H2,1-5H3/t17-,18-/m0/s1. The van der Waals surface area contributed by atoms with Gasteiger partial charge in [-0.2, -0.15) is 0 Å². The second-order valence-electron chi connectivity index (χ2n) is 12.7.